The third-order valence-corrected chi connectivity index (χ3v) is 1.91. The molecule has 4 heteroatoms. The minimum Gasteiger partial charge on any atom is -0.330 e. The van der Waals surface area contributed by atoms with E-state index >= 15 is 0 Å². The summed E-state index contributed by atoms with van der Waals surface area (Å²) in [7, 11) is 0. The molecule has 0 fully saturated rings. The number of nitrogens with two attached hydrogens (primary N) is 1. The van der Waals surface area contributed by atoms with Crippen molar-refractivity contribution >= 4 is 17.0 Å². The monoisotopic (exact) mass is 233 g/mol. The van der Waals surface area contributed by atoms with Crippen molar-refractivity contribution in [2.75, 3.05) is 6.54 Å². The summed E-state index contributed by atoms with van der Waals surface area (Å²) >= 11 is 0. The van der Waals surface area contributed by atoms with Gasteiger partial charge in [0, 0.05) is 5.69 Å². The molecule has 3 nitrogen and oxygen atoms in total. The van der Waals surface area contributed by atoms with Crippen molar-refractivity contribution in [2.45, 2.75) is 26.7 Å². The van der Waals surface area contributed by atoms with Gasteiger partial charge in [-0.15, -0.1) is 17.0 Å². The van der Waals surface area contributed by atoms with Gasteiger partial charge in [0.15, 0.2) is 0 Å². The fraction of sp³-hybridized carbons (Fsp3) is 0.625. The average Bonchev–Trinajstić information content (AvgIpc) is 2.29. The van der Waals surface area contributed by atoms with Gasteiger partial charge in [0.2, 0.25) is 0 Å². The lowest BCUT2D eigenvalue weighted by Gasteiger charge is -1.97. The summed E-state index contributed by atoms with van der Waals surface area (Å²) in [4.78, 5) is 0. The highest BCUT2D eigenvalue weighted by Gasteiger charge is 2.03. The smallest absolute Gasteiger partial charge is 0.0625 e. The molecular weight excluding hydrogens is 218 g/mol. The van der Waals surface area contributed by atoms with E-state index in [2.05, 4.69) is 10.2 Å². The van der Waals surface area contributed by atoms with Crippen LogP contribution in [0.5, 0.6) is 0 Å². The van der Waals surface area contributed by atoms with E-state index in [0.29, 0.717) is 0 Å². The normalized spacial score (nSPS) is 9.58. The molecule has 0 saturated carbocycles. The van der Waals surface area contributed by atoms with Crippen LogP contribution in [0.3, 0.4) is 0 Å². The fourth-order valence-electron chi connectivity index (χ4n) is 1.22. The Morgan fingerprint density at radius 2 is 2.08 bits per heavy atom. The molecule has 1 aromatic rings. The zero-order chi connectivity index (χ0) is 8.27. The maximum atomic E-state index is 5.41. The standard InChI is InChI=1S/C8H15N3.BrH/c1-6-8(4-3-5-9)7(2)11-10-6;/h3-5,9H2,1-2H3,(H,10,11);1H. The molecule has 0 spiro atoms. The summed E-state index contributed by atoms with van der Waals surface area (Å²) in [5.41, 5.74) is 9.03. The van der Waals surface area contributed by atoms with Crippen LogP contribution >= 0.6 is 17.0 Å². The van der Waals surface area contributed by atoms with Gasteiger partial charge in [-0.2, -0.15) is 5.10 Å². The van der Waals surface area contributed by atoms with Crippen LogP contribution in [0, 0.1) is 13.8 Å². The number of aryl methyl sites for hydroxylation is 2. The Labute approximate surface area is 83.5 Å². The first-order chi connectivity index (χ1) is 5.25. The van der Waals surface area contributed by atoms with E-state index in [0.717, 1.165) is 25.1 Å². The van der Waals surface area contributed by atoms with Gasteiger partial charge < -0.3 is 5.73 Å². The Morgan fingerprint density at radius 1 is 1.42 bits per heavy atom. The highest BCUT2D eigenvalue weighted by Crippen LogP contribution is 2.10. The molecule has 0 atom stereocenters. The van der Waals surface area contributed by atoms with Crippen molar-refractivity contribution in [2.24, 2.45) is 5.73 Å². The van der Waals surface area contributed by atoms with Crippen LogP contribution in [0.15, 0.2) is 0 Å². The molecule has 0 bridgehead atoms. The summed E-state index contributed by atoms with van der Waals surface area (Å²) in [6.45, 7) is 4.82. The molecule has 1 aromatic heterocycles. The largest absolute Gasteiger partial charge is 0.330 e. The molecule has 3 N–H and O–H groups in total. The Balaban J connectivity index is 0.00000121. The zero-order valence-electron chi connectivity index (χ0n) is 7.55. The number of H-pyrrole nitrogens is 1. The fourth-order valence-corrected chi connectivity index (χ4v) is 1.22. The van der Waals surface area contributed by atoms with Crippen LogP contribution in [0.1, 0.15) is 23.4 Å². The van der Waals surface area contributed by atoms with E-state index < -0.39 is 0 Å². The molecule has 0 aromatic carbocycles. The van der Waals surface area contributed by atoms with E-state index in [1.54, 1.807) is 0 Å². The van der Waals surface area contributed by atoms with Crippen LogP contribution in [0.25, 0.3) is 0 Å². The van der Waals surface area contributed by atoms with Gasteiger partial charge in [0.1, 0.15) is 0 Å². The van der Waals surface area contributed by atoms with Crippen molar-refractivity contribution in [1.29, 1.82) is 0 Å². The number of aromatic amines is 1. The summed E-state index contributed by atoms with van der Waals surface area (Å²) < 4.78 is 0. The number of halogens is 1. The minimum absolute atomic E-state index is 0. The van der Waals surface area contributed by atoms with Crippen molar-refractivity contribution in [3.63, 3.8) is 0 Å². The molecule has 1 rings (SSSR count). The van der Waals surface area contributed by atoms with Crippen LogP contribution in [-0.2, 0) is 6.42 Å². The van der Waals surface area contributed by atoms with Crippen LogP contribution in [-0.4, -0.2) is 16.7 Å². The molecule has 0 aliphatic rings. The van der Waals surface area contributed by atoms with E-state index in [4.69, 9.17) is 5.73 Å². The molecule has 0 aliphatic heterocycles. The second-order valence-corrected chi connectivity index (χ2v) is 2.80. The third kappa shape index (κ3) is 2.60. The lowest BCUT2D eigenvalue weighted by molar-refractivity contribution is 0.824. The lowest BCUT2D eigenvalue weighted by Crippen LogP contribution is -2.01. The van der Waals surface area contributed by atoms with Gasteiger partial charge in [-0.3, -0.25) is 5.10 Å². The van der Waals surface area contributed by atoms with Crippen molar-refractivity contribution in [1.82, 2.24) is 10.2 Å². The van der Waals surface area contributed by atoms with Gasteiger partial charge in [-0.25, -0.2) is 0 Å². The molecule has 1 heterocycles. The molecule has 0 radical (unpaired) electrons. The Morgan fingerprint density at radius 3 is 2.50 bits per heavy atom. The first-order valence-electron chi connectivity index (χ1n) is 3.96. The number of nitrogens with zero attached hydrogens (tertiary/aromatic N) is 1. The van der Waals surface area contributed by atoms with Crippen LogP contribution in [0.2, 0.25) is 0 Å². The lowest BCUT2D eigenvalue weighted by atomic mass is 10.1. The molecule has 70 valence electrons. The maximum absolute atomic E-state index is 5.41. The highest BCUT2D eigenvalue weighted by atomic mass is 79.9. The van der Waals surface area contributed by atoms with Gasteiger partial charge in [-0.1, -0.05) is 0 Å². The molecule has 0 unspecified atom stereocenters. The summed E-state index contributed by atoms with van der Waals surface area (Å²) in [5.74, 6) is 0. The van der Waals surface area contributed by atoms with E-state index in [-0.39, 0.29) is 17.0 Å². The molecule has 0 aliphatic carbocycles. The molecule has 12 heavy (non-hydrogen) atoms. The molecule has 0 amide bonds. The molecular formula is C8H16BrN3. The van der Waals surface area contributed by atoms with Crippen molar-refractivity contribution < 1.29 is 0 Å². The summed E-state index contributed by atoms with van der Waals surface area (Å²) in [5, 5.41) is 7.06. The van der Waals surface area contributed by atoms with Gasteiger partial charge in [0.05, 0.1) is 5.69 Å². The topological polar surface area (TPSA) is 54.7 Å². The number of rotatable bonds is 3. The number of hydrogen-bond donors (Lipinski definition) is 2. The highest BCUT2D eigenvalue weighted by molar-refractivity contribution is 8.93. The SMILES string of the molecule is Br.Cc1n[nH]c(C)c1CCCN. The predicted molar refractivity (Wildman–Crippen MR) is 55.8 cm³/mol. The van der Waals surface area contributed by atoms with Gasteiger partial charge >= 0.3 is 0 Å². The Hall–Kier alpha value is -0.350. The quantitative estimate of drug-likeness (QED) is 0.832. The number of hydrogen-bond acceptors (Lipinski definition) is 2. The second-order valence-electron chi connectivity index (χ2n) is 2.80. The number of nitrogens with one attached hydrogen (secondary N) is 1. The summed E-state index contributed by atoms with van der Waals surface area (Å²) in [6, 6.07) is 0. The summed E-state index contributed by atoms with van der Waals surface area (Å²) in [6.07, 6.45) is 2.09. The van der Waals surface area contributed by atoms with Crippen molar-refractivity contribution in [3.8, 4) is 0 Å². The molecule has 0 saturated heterocycles. The van der Waals surface area contributed by atoms with E-state index in [1.165, 1.54) is 11.3 Å². The Bertz CT molecular complexity index is 213. The van der Waals surface area contributed by atoms with Crippen LogP contribution in [0.4, 0.5) is 0 Å². The number of aromatic nitrogens is 2. The average molecular weight is 234 g/mol. The first-order valence-corrected chi connectivity index (χ1v) is 3.96. The van der Waals surface area contributed by atoms with Gasteiger partial charge in [0.25, 0.3) is 0 Å². The Kier molecular flexibility index (Phi) is 5.17. The zero-order valence-corrected chi connectivity index (χ0v) is 9.27. The minimum atomic E-state index is 0. The van der Waals surface area contributed by atoms with Gasteiger partial charge in [-0.05, 0) is 38.8 Å². The third-order valence-electron chi connectivity index (χ3n) is 1.91. The predicted octanol–water partition coefficient (Wildman–Crippen LogP) is 1.50. The second kappa shape index (κ2) is 5.32. The van der Waals surface area contributed by atoms with Crippen LogP contribution < -0.4 is 5.73 Å². The first kappa shape index (κ1) is 11.6. The van der Waals surface area contributed by atoms with Crippen molar-refractivity contribution in [3.05, 3.63) is 17.0 Å². The van der Waals surface area contributed by atoms with E-state index in [1.807, 2.05) is 13.8 Å². The maximum Gasteiger partial charge on any atom is 0.0625 e. The van der Waals surface area contributed by atoms with E-state index in [9.17, 15) is 0 Å².